The molecule has 146 valence electrons. The maximum absolute atomic E-state index is 5.72. The van der Waals surface area contributed by atoms with E-state index in [-0.39, 0.29) is 24.0 Å². The maximum Gasteiger partial charge on any atom is 0.193 e. The molecule has 1 N–H and O–H groups in total. The van der Waals surface area contributed by atoms with Gasteiger partial charge in [0.2, 0.25) is 0 Å². The van der Waals surface area contributed by atoms with Crippen molar-refractivity contribution in [2.75, 3.05) is 46.0 Å². The van der Waals surface area contributed by atoms with E-state index in [4.69, 9.17) is 14.5 Å². The molecule has 2 aliphatic heterocycles. The van der Waals surface area contributed by atoms with E-state index in [9.17, 15) is 0 Å². The third kappa shape index (κ3) is 5.25. The number of nitrogens with one attached hydrogen (secondary N) is 1. The van der Waals surface area contributed by atoms with E-state index in [0.29, 0.717) is 12.0 Å². The van der Waals surface area contributed by atoms with Crippen LogP contribution in [0.2, 0.25) is 0 Å². The number of halogens is 1. The van der Waals surface area contributed by atoms with Crippen LogP contribution in [0.3, 0.4) is 0 Å². The SMILES string of the molecule is CCNC(=NCCc1ccccc1OCC)N1CCC2(CCOC2)C1.I. The van der Waals surface area contributed by atoms with Crippen molar-refractivity contribution in [2.24, 2.45) is 10.4 Å². The second kappa shape index (κ2) is 10.3. The number of nitrogens with zero attached hydrogens (tertiary/aromatic N) is 2. The number of likely N-dealkylation sites (tertiary alicyclic amines) is 1. The fourth-order valence-electron chi connectivity index (χ4n) is 3.80. The van der Waals surface area contributed by atoms with Crippen molar-refractivity contribution in [1.82, 2.24) is 10.2 Å². The summed E-state index contributed by atoms with van der Waals surface area (Å²) in [4.78, 5) is 7.29. The topological polar surface area (TPSA) is 46.1 Å². The first-order chi connectivity index (χ1) is 12.3. The van der Waals surface area contributed by atoms with Crippen LogP contribution in [0.25, 0.3) is 0 Å². The summed E-state index contributed by atoms with van der Waals surface area (Å²) in [7, 11) is 0. The van der Waals surface area contributed by atoms with Gasteiger partial charge in [0.05, 0.1) is 13.2 Å². The van der Waals surface area contributed by atoms with Gasteiger partial charge in [-0.05, 0) is 44.7 Å². The van der Waals surface area contributed by atoms with E-state index >= 15 is 0 Å². The van der Waals surface area contributed by atoms with Crippen LogP contribution in [0.1, 0.15) is 32.3 Å². The van der Waals surface area contributed by atoms with Crippen molar-refractivity contribution >= 4 is 29.9 Å². The summed E-state index contributed by atoms with van der Waals surface area (Å²) >= 11 is 0. The molecule has 5 nitrogen and oxygen atoms in total. The Hall–Kier alpha value is -1.02. The number of rotatable bonds is 6. The molecule has 1 aromatic rings. The van der Waals surface area contributed by atoms with Gasteiger partial charge in [-0.25, -0.2) is 0 Å². The van der Waals surface area contributed by atoms with E-state index in [1.807, 2.05) is 19.1 Å². The van der Waals surface area contributed by atoms with E-state index in [2.05, 4.69) is 29.3 Å². The van der Waals surface area contributed by atoms with E-state index < -0.39 is 0 Å². The van der Waals surface area contributed by atoms with Gasteiger partial charge in [0, 0.05) is 38.2 Å². The van der Waals surface area contributed by atoms with Crippen molar-refractivity contribution in [2.45, 2.75) is 33.1 Å². The minimum Gasteiger partial charge on any atom is -0.494 e. The van der Waals surface area contributed by atoms with Crippen LogP contribution in [0.5, 0.6) is 5.75 Å². The first kappa shape index (κ1) is 21.3. The average Bonchev–Trinajstić information content (AvgIpc) is 3.26. The summed E-state index contributed by atoms with van der Waals surface area (Å²) in [6.07, 6.45) is 3.29. The maximum atomic E-state index is 5.72. The van der Waals surface area contributed by atoms with Crippen molar-refractivity contribution in [3.8, 4) is 5.75 Å². The van der Waals surface area contributed by atoms with Crippen molar-refractivity contribution in [1.29, 1.82) is 0 Å². The molecule has 0 amide bonds. The van der Waals surface area contributed by atoms with Crippen LogP contribution in [-0.2, 0) is 11.2 Å². The molecule has 1 aromatic carbocycles. The van der Waals surface area contributed by atoms with Crippen LogP contribution < -0.4 is 10.1 Å². The molecule has 0 saturated carbocycles. The minimum atomic E-state index is 0. The highest BCUT2D eigenvalue weighted by Gasteiger charge is 2.42. The molecule has 1 spiro atoms. The van der Waals surface area contributed by atoms with Gasteiger partial charge in [0.15, 0.2) is 5.96 Å². The number of benzene rings is 1. The lowest BCUT2D eigenvalue weighted by Gasteiger charge is -2.25. The van der Waals surface area contributed by atoms with Gasteiger partial charge < -0.3 is 19.7 Å². The Morgan fingerprint density at radius 2 is 2.15 bits per heavy atom. The predicted octanol–water partition coefficient (Wildman–Crippen LogP) is 3.32. The molecular weight excluding hydrogens is 441 g/mol. The summed E-state index contributed by atoms with van der Waals surface area (Å²) in [5, 5.41) is 3.46. The summed E-state index contributed by atoms with van der Waals surface area (Å²) < 4.78 is 11.4. The van der Waals surface area contributed by atoms with E-state index in [1.54, 1.807) is 0 Å². The fraction of sp³-hybridized carbons (Fsp3) is 0.650. The summed E-state index contributed by atoms with van der Waals surface area (Å²) in [5.41, 5.74) is 1.59. The molecule has 2 fully saturated rings. The molecule has 0 bridgehead atoms. The third-order valence-corrected chi connectivity index (χ3v) is 5.17. The number of para-hydroxylation sites is 1. The van der Waals surface area contributed by atoms with Gasteiger partial charge in [0.1, 0.15) is 5.75 Å². The third-order valence-electron chi connectivity index (χ3n) is 5.17. The molecule has 0 aliphatic carbocycles. The zero-order valence-electron chi connectivity index (χ0n) is 16.0. The normalized spacial score (nSPS) is 22.5. The van der Waals surface area contributed by atoms with Crippen molar-refractivity contribution in [3.05, 3.63) is 29.8 Å². The molecule has 2 heterocycles. The Labute approximate surface area is 174 Å². The zero-order chi connectivity index (χ0) is 17.5. The quantitative estimate of drug-likeness (QED) is 0.391. The highest BCUT2D eigenvalue weighted by molar-refractivity contribution is 14.0. The number of guanidine groups is 1. The second-order valence-corrected chi connectivity index (χ2v) is 7.00. The van der Waals surface area contributed by atoms with Gasteiger partial charge in [-0.3, -0.25) is 4.99 Å². The second-order valence-electron chi connectivity index (χ2n) is 7.00. The standard InChI is InChI=1S/C20H31N3O2.HI/c1-3-21-19(23-13-10-20(15-23)11-14-24-16-20)22-12-9-17-7-5-6-8-18(17)25-4-2;/h5-8H,3-4,9-16H2,1-2H3,(H,21,22);1H. The van der Waals surface area contributed by atoms with Gasteiger partial charge in [0.25, 0.3) is 0 Å². The Kier molecular flexibility index (Phi) is 8.47. The largest absolute Gasteiger partial charge is 0.494 e. The Balaban J connectivity index is 0.00000243. The molecule has 1 atom stereocenters. The number of ether oxygens (including phenoxy) is 2. The van der Waals surface area contributed by atoms with Gasteiger partial charge in [-0.1, -0.05) is 18.2 Å². The highest BCUT2D eigenvalue weighted by atomic mass is 127. The highest BCUT2D eigenvalue weighted by Crippen LogP contribution is 2.38. The lowest BCUT2D eigenvalue weighted by Crippen LogP contribution is -2.41. The molecule has 6 heteroatoms. The number of hydrogen-bond acceptors (Lipinski definition) is 3. The summed E-state index contributed by atoms with van der Waals surface area (Å²) in [6, 6.07) is 8.26. The van der Waals surface area contributed by atoms with Crippen LogP contribution in [-0.4, -0.2) is 56.9 Å². The fourth-order valence-corrected chi connectivity index (χ4v) is 3.80. The molecule has 26 heavy (non-hydrogen) atoms. The van der Waals surface area contributed by atoms with Crippen molar-refractivity contribution in [3.63, 3.8) is 0 Å². The van der Waals surface area contributed by atoms with Crippen LogP contribution >= 0.6 is 24.0 Å². The minimum absolute atomic E-state index is 0. The monoisotopic (exact) mass is 473 g/mol. The summed E-state index contributed by atoms with van der Waals surface area (Å²) in [6.45, 7) is 10.5. The Morgan fingerprint density at radius 1 is 1.31 bits per heavy atom. The van der Waals surface area contributed by atoms with Gasteiger partial charge >= 0.3 is 0 Å². The predicted molar refractivity (Wildman–Crippen MR) is 117 cm³/mol. The smallest absolute Gasteiger partial charge is 0.193 e. The van der Waals surface area contributed by atoms with E-state index in [0.717, 1.165) is 57.5 Å². The molecule has 3 rings (SSSR count). The lowest BCUT2D eigenvalue weighted by atomic mass is 9.87. The van der Waals surface area contributed by atoms with E-state index in [1.165, 1.54) is 18.4 Å². The molecule has 2 aliphatic rings. The van der Waals surface area contributed by atoms with Crippen LogP contribution in [0.15, 0.2) is 29.3 Å². The Bertz CT molecular complexity index is 588. The molecule has 0 radical (unpaired) electrons. The van der Waals surface area contributed by atoms with Crippen molar-refractivity contribution < 1.29 is 9.47 Å². The Morgan fingerprint density at radius 3 is 2.88 bits per heavy atom. The first-order valence-electron chi connectivity index (χ1n) is 9.58. The zero-order valence-corrected chi connectivity index (χ0v) is 18.3. The molecule has 2 saturated heterocycles. The van der Waals surface area contributed by atoms with Crippen LogP contribution in [0, 0.1) is 5.41 Å². The van der Waals surface area contributed by atoms with Gasteiger partial charge in [-0.2, -0.15) is 0 Å². The lowest BCUT2D eigenvalue weighted by molar-refractivity contribution is 0.156. The number of aliphatic imine (C=N–C) groups is 1. The summed E-state index contributed by atoms with van der Waals surface area (Å²) in [5.74, 6) is 2.02. The molecule has 1 unspecified atom stereocenters. The first-order valence-corrected chi connectivity index (χ1v) is 9.58. The van der Waals surface area contributed by atoms with Gasteiger partial charge in [-0.15, -0.1) is 24.0 Å². The molecule has 0 aromatic heterocycles. The molecular formula is C20H32IN3O2. The number of hydrogen-bond donors (Lipinski definition) is 1. The van der Waals surface area contributed by atoms with Crippen LogP contribution in [0.4, 0.5) is 0 Å². The average molecular weight is 473 g/mol.